The molecule has 1 aromatic heterocycles. The Labute approximate surface area is 216 Å². The van der Waals surface area contributed by atoms with Crippen LogP contribution in [0.3, 0.4) is 0 Å². The Morgan fingerprint density at radius 1 is 0.947 bits per heavy atom. The van der Waals surface area contributed by atoms with Gasteiger partial charge in [-0.3, -0.25) is 24.0 Å². The Bertz CT molecular complexity index is 1220. The number of aliphatic carboxylic acids is 2. The van der Waals surface area contributed by atoms with E-state index in [4.69, 9.17) is 10.8 Å². The molecule has 14 heteroatoms. The third kappa shape index (κ3) is 7.52. The van der Waals surface area contributed by atoms with E-state index in [2.05, 4.69) is 20.9 Å². The first-order chi connectivity index (χ1) is 18.0. The van der Waals surface area contributed by atoms with E-state index in [1.54, 1.807) is 6.20 Å². The smallest absolute Gasteiger partial charge is 0.326 e. The number of para-hydroxylation sites is 1. The number of benzene rings is 1. The molecule has 0 spiro atoms. The SMILES string of the molecule is NC(=O)CC(NC(=O)C(Cc1c[nH]c2ccccc12)NC(=O)C1CCCN1)C(=O)NC(CC(=O)O)C(=O)O. The van der Waals surface area contributed by atoms with Gasteiger partial charge in [0.15, 0.2) is 0 Å². The van der Waals surface area contributed by atoms with Gasteiger partial charge in [0.05, 0.1) is 18.9 Å². The van der Waals surface area contributed by atoms with Crippen LogP contribution in [0.1, 0.15) is 31.2 Å². The molecule has 1 aromatic carbocycles. The van der Waals surface area contributed by atoms with Gasteiger partial charge in [-0.1, -0.05) is 18.2 Å². The number of nitrogens with two attached hydrogens (primary N) is 1. The first-order valence-corrected chi connectivity index (χ1v) is 12.0. The number of rotatable bonds is 13. The zero-order chi connectivity index (χ0) is 27.8. The quantitative estimate of drug-likeness (QED) is 0.148. The number of hydrogen-bond acceptors (Lipinski definition) is 7. The third-order valence-corrected chi connectivity index (χ3v) is 6.14. The van der Waals surface area contributed by atoms with E-state index in [0.717, 1.165) is 17.3 Å². The second-order valence-electron chi connectivity index (χ2n) is 9.00. The monoisotopic (exact) mass is 530 g/mol. The van der Waals surface area contributed by atoms with Crippen molar-refractivity contribution in [1.29, 1.82) is 0 Å². The van der Waals surface area contributed by atoms with Crippen molar-refractivity contribution in [1.82, 2.24) is 26.3 Å². The van der Waals surface area contributed by atoms with Crippen molar-refractivity contribution in [2.75, 3.05) is 6.54 Å². The average molecular weight is 531 g/mol. The number of hydrogen-bond donors (Lipinski definition) is 8. The fourth-order valence-corrected chi connectivity index (χ4v) is 4.24. The van der Waals surface area contributed by atoms with Crippen LogP contribution < -0.4 is 27.0 Å². The van der Waals surface area contributed by atoms with E-state index in [9.17, 15) is 33.9 Å². The van der Waals surface area contributed by atoms with Gasteiger partial charge in [0.25, 0.3) is 0 Å². The van der Waals surface area contributed by atoms with Gasteiger partial charge in [-0.05, 0) is 31.0 Å². The van der Waals surface area contributed by atoms with Crippen LogP contribution >= 0.6 is 0 Å². The van der Waals surface area contributed by atoms with Gasteiger partial charge >= 0.3 is 11.9 Å². The number of nitrogens with one attached hydrogen (secondary N) is 5. The lowest BCUT2D eigenvalue weighted by Crippen LogP contribution is -2.58. The number of amides is 4. The van der Waals surface area contributed by atoms with Crippen molar-refractivity contribution in [2.24, 2.45) is 5.73 Å². The van der Waals surface area contributed by atoms with Crippen molar-refractivity contribution >= 4 is 46.5 Å². The molecule has 14 nitrogen and oxygen atoms in total. The lowest BCUT2D eigenvalue weighted by atomic mass is 10.0. The predicted molar refractivity (Wildman–Crippen MR) is 133 cm³/mol. The molecule has 0 bridgehead atoms. The molecule has 1 aliphatic heterocycles. The molecule has 1 fully saturated rings. The number of aromatic nitrogens is 1. The summed E-state index contributed by atoms with van der Waals surface area (Å²) in [4.78, 5) is 76.0. The predicted octanol–water partition coefficient (Wildman–Crippen LogP) is -1.65. The lowest BCUT2D eigenvalue weighted by molar-refractivity contribution is -0.147. The maximum Gasteiger partial charge on any atom is 0.326 e. The van der Waals surface area contributed by atoms with Crippen LogP contribution in [0.15, 0.2) is 30.5 Å². The Morgan fingerprint density at radius 2 is 1.63 bits per heavy atom. The number of fused-ring (bicyclic) bond motifs is 1. The van der Waals surface area contributed by atoms with Crippen molar-refractivity contribution in [3.05, 3.63) is 36.0 Å². The largest absolute Gasteiger partial charge is 0.481 e. The molecule has 2 aromatic rings. The van der Waals surface area contributed by atoms with E-state index in [0.29, 0.717) is 18.5 Å². The molecule has 4 atom stereocenters. The zero-order valence-corrected chi connectivity index (χ0v) is 20.4. The van der Waals surface area contributed by atoms with E-state index >= 15 is 0 Å². The number of aromatic amines is 1. The minimum Gasteiger partial charge on any atom is -0.481 e. The van der Waals surface area contributed by atoms with E-state index < -0.39 is 72.6 Å². The fraction of sp³-hybridized carbons (Fsp3) is 0.417. The molecule has 0 saturated carbocycles. The molecule has 1 aliphatic rings. The van der Waals surface area contributed by atoms with Crippen LogP contribution in [0.2, 0.25) is 0 Å². The van der Waals surface area contributed by atoms with E-state index in [-0.39, 0.29) is 6.42 Å². The average Bonchev–Trinajstić information content (AvgIpc) is 3.53. The summed E-state index contributed by atoms with van der Waals surface area (Å²) in [5, 5.41) is 29.1. The summed E-state index contributed by atoms with van der Waals surface area (Å²) in [6.45, 7) is 0.652. The van der Waals surface area contributed by atoms with Crippen molar-refractivity contribution in [2.45, 2.75) is 56.3 Å². The van der Waals surface area contributed by atoms with Gasteiger partial charge in [0.2, 0.25) is 23.6 Å². The first-order valence-electron chi connectivity index (χ1n) is 12.0. The van der Waals surface area contributed by atoms with Crippen LogP contribution in [0.25, 0.3) is 10.9 Å². The van der Waals surface area contributed by atoms with Crippen molar-refractivity contribution < 1.29 is 39.0 Å². The normalized spacial score (nSPS) is 17.2. The lowest BCUT2D eigenvalue weighted by Gasteiger charge is -2.24. The fourth-order valence-electron chi connectivity index (χ4n) is 4.24. The van der Waals surface area contributed by atoms with Gasteiger partial charge in [0.1, 0.15) is 18.1 Å². The number of H-pyrrole nitrogens is 1. The molecule has 38 heavy (non-hydrogen) atoms. The Kier molecular flexibility index (Phi) is 9.38. The topological polar surface area (TPSA) is 233 Å². The standard InChI is InChI=1S/C24H30N6O8/c25-19(31)9-17(23(36)30-18(24(37)38)10-20(32)33)29-22(35)16(28-21(34)15-6-3-7-26-15)8-12-11-27-14-5-2-1-4-13(12)14/h1-2,4-5,11,15-18,26-27H,3,6-10H2,(H2,25,31)(H,28,34)(H,29,35)(H,30,36)(H,32,33)(H,37,38). The Morgan fingerprint density at radius 3 is 2.26 bits per heavy atom. The van der Waals surface area contributed by atoms with Crippen LogP contribution in [0.5, 0.6) is 0 Å². The van der Waals surface area contributed by atoms with E-state index in [1.165, 1.54) is 0 Å². The molecule has 4 amide bonds. The van der Waals surface area contributed by atoms with Crippen LogP contribution in [-0.4, -0.2) is 81.5 Å². The summed E-state index contributed by atoms with van der Waals surface area (Å²) in [6, 6.07) is 2.27. The summed E-state index contributed by atoms with van der Waals surface area (Å²) in [6.07, 6.45) is 1.50. The highest BCUT2D eigenvalue weighted by molar-refractivity contribution is 5.97. The number of primary amides is 1. The number of carbonyl (C=O) groups excluding carboxylic acids is 4. The van der Waals surface area contributed by atoms with Gasteiger partial charge in [-0.2, -0.15) is 0 Å². The Hall–Kier alpha value is -4.46. The van der Waals surface area contributed by atoms with Gasteiger partial charge in [0, 0.05) is 23.5 Å². The Balaban J connectivity index is 1.82. The zero-order valence-electron chi connectivity index (χ0n) is 20.4. The first kappa shape index (κ1) is 28.1. The summed E-state index contributed by atoms with van der Waals surface area (Å²) >= 11 is 0. The molecule has 0 aliphatic carbocycles. The minimum absolute atomic E-state index is 0.0377. The van der Waals surface area contributed by atoms with Crippen LogP contribution in [-0.2, 0) is 35.2 Å². The van der Waals surface area contributed by atoms with Gasteiger partial charge in [-0.25, -0.2) is 4.79 Å². The molecule has 0 radical (unpaired) electrons. The highest BCUT2D eigenvalue weighted by atomic mass is 16.4. The van der Waals surface area contributed by atoms with Gasteiger partial charge in [-0.15, -0.1) is 0 Å². The second-order valence-corrected chi connectivity index (χ2v) is 9.00. The maximum atomic E-state index is 13.4. The molecule has 9 N–H and O–H groups in total. The minimum atomic E-state index is -1.80. The highest BCUT2D eigenvalue weighted by Crippen LogP contribution is 2.19. The summed E-state index contributed by atoms with van der Waals surface area (Å²) in [5.74, 6) is -6.39. The van der Waals surface area contributed by atoms with Crippen LogP contribution in [0.4, 0.5) is 0 Å². The number of carboxylic acids is 2. The van der Waals surface area contributed by atoms with Gasteiger partial charge < -0.3 is 42.2 Å². The highest BCUT2D eigenvalue weighted by Gasteiger charge is 2.33. The van der Waals surface area contributed by atoms with E-state index in [1.807, 2.05) is 29.6 Å². The third-order valence-electron chi connectivity index (χ3n) is 6.14. The second kappa shape index (κ2) is 12.7. The molecular formula is C24H30N6O8. The number of carboxylic acid groups (broad SMARTS) is 2. The maximum absolute atomic E-state index is 13.4. The molecule has 1 saturated heterocycles. The van der Waals surface area contributed by atoms with Crippen molar-refractivity contribution in [3.63, 3.8) is 0 Å². The molecule has 3 rings (SSSR count). The molecule has 4 unspecified atom stereocenters. The van der Waals surface area contributed by atoms with Crippen molar-refractivity contribution in [3.8, 4) is 0 Å². The summed E-state index contributed by atoms with van der Waals surface area (Å²) in [5.41, 5.74) is 6.75. The summed E-state index contributed by atoms with van der Waals surface area (Å²) in [7, 11) is 0. The molecule has 2 heterocycles. The van der Waals surface area contributed by atoms with Crippen LogP contribution in [0, 0.1) is 0 Å². The molecule has 204 valence electrons. The molecular weight excluding hydrogens is 500 g/mol. The summed E-state index contributed by atoms with van der Waals surface area (Å²) < 4.78 is 0. The number of carbonyl (C=O) groups is 6.